The molecule has 0 bridgehead atoms. The van der Waals surface area contributed by atoms with Crippen LogP contribution < -0.4 is 0 Å². The van der Waals surface area contributed by atoms with Crippen molar-refractivity contribution in [2.45, 2.75) is 36.7 Å². The zero-order chi connectivity index (χ0) is 23.5. The number of hydrogen-bond donors (Lipinski definition) is 0. The number of benzene rings is 3. The lowest BCUT2D eigenvalue weighted by atomic mass is 10.00. The number of hydrogen-bond acceptors (Lipinski definition) is 4. The van der Waals surface area contributed by atoms with Crippen molar-refractivity contribution in [2.24, 2.45) is 0 Å². The second-order valence-electron chi connectivity index (χ2n) is 8.41. The Morgan fingerprint density at radius 2 is 1.68 bits per heavy atom. The minimum Gasteiger partial charge on any atom is -0.337 e. The Morgan fingerprint density at radius 1 is 0.971 bits per heavy atom. The summed E-state index contributed by atoms with van der Waals surface area (Å²) >= 11 is 1.39. The highest BCUT2D eigenvalue weighted by Gasteiger charge is 2.27. The Labute approximate surface area is 202 Å². The summed E-state index contributed by atoms with van der Waals surface area (Å²) in [6.45, 7) is 3.25. The summed E-state index contributed by atoms with van der Waals surface area (Å²) in [5.74, 6) is 0.522. The number of carbonyl (C=O) groups excluding carboxylic acids is 1. The van der Waals surface area contributed by atoms with Crippen molar-refractivity contribution in [3.8, 4) is 5.69 Å². The zero-order valence-corrected chi connectivity index (χ0v) is 19.7. The van der Waals surface area contributed by atoms with Gasteiger partial charge in [0.05, 0.1) is 5.25 Å². The number of rotatable bonds is 6. The maximum absolute atomic E-state index is 13.6. The van der Waals surface area contributed by atoms with Crippen LogP contribution in [0.15, 0.2) is 84.0 Å². The monoisotopic (exact) mass is 472 g/mol. The van der Waals surface area contributed by atoms with Crippen LogP contribution in [0.3, 0.4) is 0 Å². The van der Waals surface area contributed by atoms with E-state index in [1.165, 1.54) is 35.0 Å². The van der Waals surface area contributed by atoms with Gasteiger partial charge in [0.15, 0.2) is 5.16 Å². The summed E-state index contributed by atoms with van der Waals surface area (Å²) in [5.41, 5.74) is 4.39. The summed E-state index contributed by atoms with van der Waals surface area (Å²) in [4.78, 5) is 15.2. The molecule has 0 saturated carbocycles. The first-order chi connectivity index (χ1) is 16.6. The lowest BCUT2D eigenvalue weighted by molar-refractivity contribution is -0.131. The molecule has 5 nitrogen and oxygen atoms in total. The van der Waals surface area contributed by atoms with Crippen molar-refractivity contribution in [3.63, 3.8) is 0 Å². The maximum Gasteiger partial charge on any atom is 0.236 e. The van der Waals surface area contributed by atoms with E-state index in [4.69, 9.17) is 0 Å². The third-order valence-electron chi connectivity index (χ3n) is 6.06. The van der Waals surface area contributed by atoms with E-state index in [2.05, 4.69) is 22.3 Å². The smallest absolute Gasteiger partial charge is 0.236 e. The highest BCUT2D eigenvalue weighted by Crippen LogP contribution is 2.29. The van der Waals surface area contributed by atoms with Gasteiger partial charge in [0.2, 0.25) is 5.91 Å². The van der Waals surface area contributed by atoms with E-state index in [1.807, 2.05) is 58.9 Å². The van der Waals surface area contributed by atoms with Crippen LogP contribution in [0.2, 0.25) is 0 Å². The SMILES string of the molecule is C[C@@H](Sc1nnc(Cc2ccccc2)n1-c1ccc(F)cc1)C(=O)N1CCc2ccccc2C1. The van der Waals surface area contributed by atoms with Crippen molar-refractivity contribution in [1.82, 2.24) is 19.7 Å². The van der Waals surface area contributed by atoms with Gasteiger partial charge in [-0.3, -0.25) is 9.36 Å². The van der Waals surface area contributed by atoms with Gasteiger partial charge < -0.3 is 4.90 Å². The van der Waals surface area contributed by atoms with E-state index >= 15 is 0 Å². The molecule has 0 saturated heterocycles. The Kier molecular flexibility index (Phi) is 6.45. The predicted molar refractivity (Wildman–Crippen MR) is 131 cm³/mol. The topological polar surface area (TPSA) is 51.0 Å². The quantitative estimate of drug-likeness (QED) is 0.368. The summed E-state index contributed by atoms with van der Waals surface area (Å²) in [5, 5.41) is 9.15. The lowest BCUT2D eigenvalue weighted by Crippen LogP contribution is -2.40. The Hall–Kier alpha value is -3.45. The zero-order valence-electron chi connectivity index (χ0n) is 18.9. The summed E-state index contributed by atoms with van der Waals surface area (Å²) < 4.78 is 15.5. The lowest BCUT2D eigenvalue weighted by Gasteiger charge is -2.30. The van der Waals surface area contributed by atoms with Gasteiger partial charge in [-0.1, -0.05) is 66.4 Å². The molecule has 1 aromatic heterocycles. The summed E-state index contributed by atoms with van der Waals surface area (Å²) in [7, 11) is 0. The third kappa shape index (κ3) is 4.75. The first kappa shape index (κ1) is 22.3. The number of carbonyl (C=O) groups is 1. The molecule has 0 aliphatic carbocycles. The van der Waals surface area contributed by atoms with Crippen molar-refractivity contribution >= 4 is 17.7 Å². The van der Waals surface area contributed by atoms with Gasteiger partial charge in [-0.05, 0) is 54.3 Å². The number of fused-ring (bicyclic) bond motifs is 1. The van der Waals surface area contributed by atoms with Crippen LogP contribution in [0, 0.1) is 5.82 Å². The fourth-order valence-electron chi connectivity index (χ4n) is 4.27. The van der Waals surface area contributed by atoms with E-state index < -0.39 is 0 Å². The van der Waals surface area contributed by atoms with Crippen LogP contribution in [0.1, 0.15) is 29.4 Å². The van der Waals surface area contributed by atoms with Gasteiger partial charge >= 0.3 is 0 Å². The van der Waals surface area contributed by atoms with Crippen molar-refractivity contribution in [1.29, 1.82) is 0 Å². The highest BCUT2D eigenvalue weighted by molar-refractivity contribution is 8.00. The standard InChI is InChI=1S/C27H25FN4OS/c1-19(26(33)31-16-15-21-9-5-6-10-22(21)18-31)34-27-30-29-25(17-20-7-3-2-4-8-20)32(27)24-13-11-23(28)12-14-24/h2-14,19H,15-18H2,1H3/t19-/m1/s1. The highest BCUT2D eigenvalue weighted by atomic mass is 32.2. The van der Waals surface area contributed by atoms with Crippen LogP contribution in [0.5, 0.6) is 0 Å². The molecule has 0 unspecified atom stereocenters. The molecule has 1 aliphatic heterocycles. The van der Waals surface area contributed by atoms with Crippen molar-refractivity contribution < 1.29 is 9.18 Å². The molecule has 34 heavy (non-hydrogen) atoms. The fourth-order valence-corrected chi connectivity index (χ4v) is 5.24. The molecular formula is C27H25FN4OS. The molecule has 4 aromatic rings. The van der Waals surface area contributed by atoms with Gasteiger partial charge in [0.25, 0.3) is 0 Å². The number of aromatic nitrogens is 3. The Balaban J connectivity index is 1.39. The molecule has 1 atom stereocenters. The molecule has 2 heterocycles. The minimum atomic E-state index is -0.335. The molecule has 0 N–H and O–H groups in total. The molecule has 1 aliphatic rings. The minimum absolute atomic E-state index is 0.0813. The largest absolute Gasteiger partial charge is 0.337 e. The summed E-state index contributed by atoms with van der Waals surface area (Å²) in [6, 6.07) is 24.6. The average molecular weight is 473 g/mol. The van der Waals surface area contributed by atoms with Gasteiger partial charge in [0.1, 0.15) is 11.6 Å². The van der Waals surface area contributed by atoms with Crippen LogP contribution in [0.25, 0.3) is 5.69 Å². The Bertz CT molecular complexity index is 1290. The molecule has 0 fully saturated rings. The van der Waals surface area contributed by atoms with Gasteiger partial charge in [-0.15, -0.1) is 10.2 Å². The van der Waals surface area contributed by atoms with E-state index in [9.17, 15) is 9.18 Å². The number of nitrogens with zero attached hydrogens (tertiary/aromatic N) is 4. The van der Waals surface area contributed by atoms with Crippen LogP contribution in [-0.2, 0) is 24.2 Å². The first-order valence-electron chi connectivity index (χ1n) is 11.3. The molecule has 0 spiro atoms. The second-order valence-corrected chi connectivity index (χ2v) is 9.72. The predicted octanol–water partition coefficient (Wildman–Crippen LogP) is 5.06. The molecule has 0 radical (unpaired) electrons. The number of thioether (sulfide) groups is 1. The average Bonchev–Trinajstić information content (AvgIpc) is 3.26. The molecular weight excluding hydrogens is 447 g/mol. The number of halogens is 1. The van der Waals surface area contributed by atoms with E-state index in [0.717, 1.165) is 23.5 Å². The molecule has 1 amide bonds. The maximum atomic E-state index is 13.6. The van der Waals surface area contributed by atoms with Crippen LogP contribution in [0.4, 0.5) is 4.39 Å². The van der Waals surface area contributed by atoms with Gasteiger partial charge in [-0.2, -0.15) is 0 Å². The normalized spacial score (nSPS) is 14.0. The van der Waals surface area contributed by atoms with E-state index in [-0.39, 0.29) is 17.0 Å². The molecule has 3 aromatic carbocycles. The number of amides is 1. The van der Waals surface area contributed by atoms with E-state index in [1.54, 1.807) is 12.1 Å². The fraction of sp³-hybridized carbons (Fsp3) is 0.222. The second kappa shape index (κ2) is 9.81. The van der Waals surface area contributed by atoms with Crippen molar-refractivity contribution in [2.75, 3.05) is 6.54 Å². The molecule has 5 rings (SSSR count). The summed E-state index contributed by atoms with van der Waals surface area (Å²) in [6.07, 6.45) is 1.45. The van der Waals surface area contributed by atoms with Crippen molar-refractivity contribution in [3.05, 3.63) is 107 Å². The molecule has 172 valence electrons. The Morgan fingerprint density at radius 3 is 2.44 bits per heavy atom. The molecule has 7 heteroatoms. The van der Waals surface area contributed by atoms with Gasteiger partial charge in [-0.25, -0.2) is 4.39 Å². The third-order valence-corrected chi connectivity index (χ3v) is 7.09. The van der Waals surface area contributed by atoms with Gasteiger partial charge in [0, 0.05) is 25.2 Å². The first-order valence-corrected chi connectivity index (χ1v) is 12.2. The van der Waals surface area contributed by atoms with E-state index in [0.29, 0.717) is 24.7 Å². The van der Waals surface area contributed by atoms with Crippen LogP contribution >= 0.6 is 11.8 Å². The van der Waals surface area contributed by atoms with Crippen LogP contribution in [-0.4, -0.2) is 37.4 Å².